The first-order valence-corrected chi connectivity index (χ1v) is 12.6. The normalized spacial score (nSPS) is 15.0. The van der Waals surface area contributed by atoms with Gasteiger partial charge in [-0.05, 0) is 36.8 Å². The van der Waals surface area contributed by atoms with E-state index >= 15 is 0 Å². The number of nitrogens with zero attached hydrogens (tertiary/aromatic N) is 3. The van der Waals surface area contributed by atoms with E-state index in [-0.39, 0.29) is 23.4 Å². The number of carbonyl (C=O) groups excluding carboxylic acids is 1. The first-order valence-electron chi connectivity index (χ1n) is 11.1. The summed E-state index contributed by atoms with van der Waals surface area (Å²) in [7, 11) is -3.66. The molecule has 0 bridgehead atoms. The summed E-state index contributed by atoms with van der Waals surface area (Å²) < 4.78 is 61.5. The fourth-order valence-electron chi connectivity index (χ4n) is 3.95. The number of aryl methyl sites for hydroxylation is 2. The van der Waals surface area contributed by atoms with Gasteiger partial charge >= 0.3 is 0 Å². The molecule has 0 radical (unpaired) electrons. The quantitative estimate of drug-likeness (QED) is 0.521. The molecule has 1 aromatic heterocycles. The van der Waals surface area contributed by atoms with Crippen molar-refractivity contribution < 1.29 is 26.7 Å². The fourth-order valence-corrected chi connectivity index (χ4v) is 5.38. The van der Waals surface area contributed by atoms with Gasteiger partial charge in [0.15, 0.2) is 0 Å². The van der Waals surface area contributed by atoms with E-state index < -0.39 is 27.6 Å². The number of anilines is 1. The van der Waals surface area contributed by atoms with Crippen molar-refractivity contribution in [1.29, 1.82) is 0 Å². The van der Waals surface area contributed by atoms with Crippen LogP contribution in [0.2, 0.25) is 0 Å². The topological polar surface area (TPSA) is 93.5 Å². The molecular weight excluding hydrogens is 466 g/mol. The Morgan fingerprint density at radius 1 is 1.15 bits per heavy atom. The standard InChI is InChI=1S/C23H26F2N4O4S/c1-2-9-29-21-6-4-17(34(31,32)28-10-12-33-13-11-28)15-20(21)26-22(29)7-8-23(30)27-19-5-3-16(24)14-18(19)25/h3-6,14-15H,2,7-13H2,1H3,(H,27,30). The zero-order valence-corrected chi connectivity index (χ0v) is 19.6. The molecule has 1 aliphatic heterocycles. The molecule has 8 nitrogen and oxygen atoms in total. The molecule has 0 unspecified atom stereocenters. The zero-order valence-electron chi connectivity index (χ0n) is 18.8. The maximum atomic E-state index is 13.8. The van der Waals surface area contributed by atoms with Crippen LogP contribution in [-0.2, 0) is 32.5 Å². The molecule has 1 fully saturated rings. The number of nitrogens with one attached hydrogen (secondary N) is 1. The van der Waals surface area contributed by atoms with Crippen molar-refractivity contribution in [2.75, 3.05) is 31.6 Å². The number of amides is 1. The van der Waals surface area contributed by atoms with E-state index in [1.165, 1.54) is 10.4 Å². The van der Waals surface area contributed by atoms with Crippen molar-refractivity contribution in [2.24, 2.45) is 0 Å². The molecular formula is C23H26F2N4O4S. The van der Waals surface area contributed by atoms with Crippen molar-refractivity contribution >= 4 is 32.7 Å². The van der Waals surface area contributed by atoms with Crippen LogP contribution in [0.25, 0.3) is 11.0 Å². The minimum absolute atomic E-state index is 0.0305. The lowest BCUT2D eigenvalue weighted by Crippen LogP contribution is -2.40. The van der Waals surface area contributed by atoms with Gasteiger partial charge in [-0.1, -0.05) is 6.92 Å². The second-order valence-corrected chi connectivity index (χ2v) is 9.96. The molecule has 2 heterocycles. The Hall–Kier alpha value is -2.89. The molecule has 1 aliphatic rings. The molecule has 2 aromatic carbocycles. The third-order valence-electron chi connectivity index (χ3n) is 5.63. The third kappa shape index (κ3) is 5.11. The number of ether oxygens (including phenoxy) is 1. The van der Waals surface area contributed by atoms with Gasteiger partial charge in [0.1, 0.15) is 17.5 Å². The number of rotatable bonds is 8. The van der Waals surface area contributed by atoms with Crippen LogP contribution in [0, 0.1) is 11.6 Å². The molecule has 0 saturated carbocycles. The van der Waals surface area contributed by atoms with Crippen LogP contribution >= 0.6 is 0 Å². The number of fused-ring (bicyclic) bond motifs is 1. The molecule has 1 N–H and O–H groups in total. The van der Waals surface area contributed by atoms with Crippen LogP contribution in [0.15, 0.2) is 41.3 Å². The van der Waals surface area contributed by atoms with Gasteiger partial charge in [0, 0.05) is 38.5 Å². The predicted molar refractivity (Wildman–Crippen MR) is 123 cm³/mol. The van der Waals surface area contributed by atoms with Gasteiger partial charge < -0.3 is 14.6 Å². The highest BCUT2D eigenvalue weighted by molar-refractivity contribution is 7.89. The summed E-state index contributed by atoms with van der Waals surface area (Å²) in [5.74, 6) is -1.37. The lowest BCUT2D eigenvalue weighted by molar-refractivity contribution is -0.116. The second-order valence-electron chi connectivity index (χ2n) is 8.02. The van der Waals surface area contributed by atoms with Crippen molar-refractivity contribution in [3.63, 3.8) is 0 Å². The Balaban J connectivity index is 1.54. The van der Waals surface area contributed by atoms with E-state index in [0.717, 1.165) is 18.0 Å². The minimum atomic E-state index is -3.66. The van der Waals surface area contributed by atoms with Gasteiger partial charge in [0.25, 0.3) is 0 Å². The average molecular weight is 493 g/mol. The summed E-state index contributed by atoms with van der Waals surface area (Å²) >= 11 is 0. The van der Waals surface area contributed by atoms with Crippen molar-refractivity contribution in [3.8, 4) is 0 Å². The summed E-state index contributed by atoms with van der Waals surface area (Å²) in [4.78, 5) is 17.1. The van der Waals surface area contributed by atoms with Gasteiger partial charge in [-0.3, -0.25) is 4.79 Å². The van der Waals surface area contributed by atoms with E-state index in [4.69, 9.17) is 4.74 Å². The van der Waals surface area contributed by atoms with Crippen LogP contribution in [0.1, 0.15) is 25.6 Å². The van der Waals surface area contributed by atoms with Crippen LogP contribution in [0.5, 0.6) is 0 Å². The minimum Gasteiger partial charge on any atom is -0.379 e. The molecule has 1 saturated heterocycles. The molecule has 4 rings (SSSR count). The van der Waals surface area contributed by atoms with Gasteiger partial charge in [-0.2, -0.15) is 4.31 Å². The Labute approximate surface area is 196 Å². The molecule has 34 heavy (non-hydrogen) atoms. The molecule has 1 amide bonds. The smallest absolute Gasteiger partial charge is 0.243 e. The number of sulfonamides is 1. The highest BCUT2D eigenvalue weighted by atomic mass is 32.2. The highest BCUT2D eigenvalue weighted by Gasteiger charge is 2.27. The van der Waals surface area contributed by atoms with E-state index in [1.54, 1.807) is 18.2 Å². The highest BCUT2D eigenvalue weighted by Crippen LogP contribution is 2.25. The Bertz CT molecular complexity index is 1300. The largest absolute Gasteiger partial charge is 0.379 e. The number of halogens is 2. The van der Waals surface area contributed by atoms with Crippen LogP contribution in [0.4, 0.5) is 14.5 Å². The van der Waals surface area contributed by atoms with Gasteiger partial charge in [-0.15, -0.1) is 0 Å². The average Bonchev–Trinajstić information content (AvgIpc) is 3.17. The molecule has 0 spiro atoms. The molecule has 182 valence electrons. The summed E-state index contributed by atoms with van der Waals surface area (Å²) in [6.07, 6.45) is 1.12. The number of hydrogen-bond acceptors (Lipinski definition) is 5. The Morgan fingerprint density at radius 2 is 1.91 bits per heavy atom. The first kappa shape index (κ1) is 24.2. The lowest BCUT2D eigenvalue weighted by atomic mass is 10.2. The van der Waals surface area contributed by atoms with E-state index in [2.05, 4.69) is 10.3 Å². The summed E-state index contributed by atoms with van der Waals surface area (Å²) in [6.45, 7) is 3.99. The van der Waals surface area contributed by atoms with Gasteiger partial charge in [0.05, 0.1) is 34.8 Å². The maximum Gasteiger partial charge on any atom is 0.243 e. The number of aromatic nitrogens is 2. The Morgan fingerprint density at radius 3 is 2.62 bits per heavy atom. The van der Waals surface area contributed by atoms with Crippen molar-refractivity contribution in [3.05, 3.63) is 53.9 Å². The van der Waals surface area contributed by atoms with Gasteiger partial charge in [0.2, 0.25) is 15.9 Å². The van der Waals surface area contributed by atoms with Crippen LogP contribution < -0.4 is 5.32 Å². The fraction of sp³-hybridized carbons (Fsp3) is 0.391. The van der Waals surface area contributed by atoms with Gasteiger partial charge in [-0.25, -0.2) is 22.2 Å². The summed E-state index contributed by atoms with van der Waals surface area (Å²) in [5.41, 5.74) is 1.22. The number of imidazole rings is 1. The van der Waals surface area contributed by atoms with Crippen LogP contribution in [0.3, 0.4) is 0 Å². The van der Waals surface area contributed by atoms with Crippen molar-refractivity contribution in [2.45, 2.75) is 37.6 Å². The summed E-state index contributed by atoms with van der Waals surface area (Å²) in [6, 6.07) is 7.83. The first-order chi connectivity index (χ1) is 16.3. The molecule has 11 heteroatoms. The van der Waals surface area contributed by atoms with E-state index in [9.17, 15) is 22.0 Å². The third-order valence-corrected chi connectivity index (χ3v) is 7.53. The molecule has 0 aliphatic carbocycles. The monoisotopic (exact) mass is 492 g/mol. The summed E-state index contributed by atoms with van der Waals surface area (Å²) in [5, 5.41) is 2.45. The van der Waals surface area contributed by atoms with E-state index in [1.807, 2.05) is 11.5 Å². The number of morpholine rings is 1. The van der Waals surface area contributed by atoms with Crippen molar-refractivity contribution in [1.82, 2.24) is 13.9 Å². The molecule has 3 aromatic rings. The predicted octanol–water partition coefficient (Wildman–Crippen LogP) is 3.32. The molecule has 0 atom stereocenters. The zero-order chi connectivity index (χ0) is 24.3. The number of carbonyl (C=O) groups is 1. The number of hydrogen-bond donors (Lipinski definition) is 1. The Kier molecular flexibility index (Phi) is 7.24. The SMILES string of the molecule is CCCn1c(CCC(=O)Nc2ccc(F)cc2F)nc2cc(S(=O)(=O)N3CCOCC3)ccc21. The lowest BCUT2D eigenvalue weighted by Gasteiger charge is -2.26. The second kappa shape index (κ2) is 10.2. The maximum absolute atomic E-state index is 13.8. The van der Waals surface area contributed by atoms with E-state index in [0.29, 0.717) is 50.3 Å². The van der Waals surface area contributed by atoms with Crippen LogP contribution in [-0.4, -0.2) is 54.5 Å². The number of benzene rings is 2.